The molecule has 0 fully saturated rings. The van der Waals surface area contributed by atoms with E-state index in [9.17, 15) is 18.3 Å². The van der Waals surface area contributed by atoms with Gasteiger partial charge in [-0.25, -0.2) is 8.42 Å². The number of rotatable bonds is 6. The summed E-state index contributed by atoms with van der Waals surface area (Å²) in [5.74, 6) is -2.20. The molecule has 0 radical (unpaired) electrons. The summed E-state index contributed by atoms with van der Waals surface area (Å²) in [5.41, 5.74) is 1.51. The van der Waals surface area contributed by atoms with Gasteiger partial charge in [0.1, 0.15) is 0 Å². The molecule has 0 bridgehead atoms. The van der Waals surface area contributed by atoms with Crippen molar-refractivity contribution in [1.29, 1.82) is 0 Å². The van der Waals surface area contributed by atoms with Crippen LogP contribution in [0, 0.1) is 12.8 Å². The van der Waals surface area contributed by atoms with Crippen molar-refractivity contribution in [3.8, 4) is 0 Å². The third-order valence-corrected chi connectivity index (χ3v) is 6.11. The second-order valence-corrected chi connectivity index (χ2v) is 7.84. The molecule has 6 heteroatoms. The van der Waals surface area contributed by atoms with Crippen molar-refractivity contribution in [3.05, 3.63) is 59.9 Å². The van der Waals surface area contributed by atoms with E-state index < -0.39 is 27.0 Å². The number of aryl methyl sites for hydroxylation is 1. The molecule has 2 aromatic rings. The standard InChI is InChI=1S/C17H19NO4S/c1-12-6-8-15(9-7-12)23(21,22)13(2)16(17(19)20)11-14-5-3-4-10-18-14/h3-10,13,16H,11H2,1-2H3,(H,19,20)/t13?,16-/m1/s1. The molecule has 0 saturated carbocycles. The Hall–Kier alpha value is -2.21. The fourth-order valence-electron chi connectivity index (χ4n) is 2.36. The first-order chi connectivity index (χ1) is 10.8. The number of carboxylic acids is 1. The Labute approximate surface area is 135 Å². The molecule has 0 spiro atoms. The summed E-state index contributed by atoms with van der Waals surface area (Å²) >= 11 is 0. The topological polar surface area (TPSA) is 84.3 Å². The van der Waals surface area contributed by atoms with Gasteiger partial charge in [0, 0.05) is 18.3 Å². The number of carbonyl (C=O) groups is 1. The van der Waals surface area contributed by atoms with E-state index in [1.54, 1.807) is 36.5 Å². The van der Waals surface area contributed by atoms with Crippen molar-refractivity contribution in [2.75, 3.05) is 0 Å². The van der Waals surface area contributed by atoms with Gasteiger partial charge in [-0.15, -0.1) is 0 Å². The molecule has 0 aliphatic rings. The van der Waals surface area contributed by atoms with Crippen LogP contribution in [0.3, 0.4) is 0 Å². The van der Waals surface area contributed by atoms with Crippen LogP contribution in [-0.4, -0.2) is 29.7 Å². The molecular formula is C17H19NO4S. The van der Waals surface area contributed by atoms with E-state index in [-0.39, 0.29) is 11.3 Å². The summed E-state index contributed by atoms with van der Waals surface area (Å²) in [6.07, 6.45) is 1.63. The minimum absolute atomic E-state index is 0.0719. The van der Waals surface area contributed by atoms with Crippen molar-refractivity contribution in [3.63, 3.8) is 0 Å². The first-order valence-corrected chi connectivity index (χ1v) is 8.80. The Morgan fingerprint density at radius 3 is 2.35 bits per heavy atom. The van der Waals surface area contributed by atoms with Crippen molar-refractivity contribution >= 4 is 15.8 Å². The van der Waals surface area contributed by atoms with Gasteiger partial charge in [-0.05, 0) is 38.1 Å². The molecule has 0 saturated heterocycles. The number of pyridine rings is 1. The van der Waals surface area contributed by atoms with Gasteiger partial charge >= 0.3 is 5.97 Å². The van der Waals surface area contributed by atoms with Crippen molar-refractivity contribution < 1.29 is 18.3 Å². The lowest BCUT2D eigenvalue weighted by atomic mass is 10.00. The van der Waals surface area contributed by atoms with Crippen LogP contribution in [0.25, 0.3) is 0 Å². The van der Waals surface area contributed by atoms with E-state index >= 15 is 0 Å². The lowest BCUT2D eigenvalue weighted by Crippen LogP contribution is -2.34. The number of nitrogens with zero attached hydrogens (tertiary/aromatic N) is 1. The maximum absolute atomic E-state index is 12.7. The molecule has 1 N–H and O–H groups in total. The fourth-order valence-corrected chi connectivity index (χ4v) is 3.95. The van der Waals surface area contributed by atoms with Gasteiger partial charge in [-0.2, -0.15) is 0 Å². The quantitative estimate of drug-likeness (QED) is 0.878. The Morgan fingerprint density at radius 1 is 1.17 bits per heavy atom. The number of sulfone groups is 1. The highest BCUT2D eigenvalue weighted by atomic mass is 32.2. The second kappa shape index (κ2) is 6.91. The first-order valence-electron chi connectivity index (χ1n) is 7.25. The van der Waals surface area contributed by atoms with Gasteiger partial charge in [-0.1, -0.05) is 23.8 Å². The van der Waals surface area contributed by atoms with E-state index in [1.165, 1.54) is 19.1 Å². The van der Waals surface area contributed by atoms with Crippen LogP contribution in [0.4, 0.5) is 0 Å². The lowest BCUT2D eigenvalue weighted by molar-refractivity contribution is -0.141. The fraction of sp³-hybridized carbons (Fsp3) is 0.294. The molecule has 0 aliphatic carbocycles. The largest absolute Gasteiger partial charge is 0.481 e. The predicted octanol–water partition coefficient (Wildman–Crippen LogP) is 2.50. The molecule has 122 valence electrons. The van der Waals surface area contributed by atoms with Gasteiger partial charge < -0.3 is 5.11 Å². The normalized spacial score (nSPS) is 14.2. The number of hydrogen-bond donors (Lipinski definition) is 1. The number of aliphatic carboxylic acids is 1. The van der Waals surface area contributed by atoms with Crippen molar-refractivity contribution in [1.82, 2.24) is 4.98 Å². The number of hydrogen-bond acceptors (Lipinski definition) is 4. The zero-order valence-electron chi connectivity index (χ0n) is 13.0. The number of benzene rings is 1. The van der Waals surface area contributed by atoms with E-state index in [1.807, 2.05) is 6.92 Å². The molecule has 5 nitrogen and oxygen atoms in total. The first kappa shape index (κ1) is 17.1. The van der Waals surface area contributed by atoms with Crippen LogP contribution in [-0.2, 0) is 21.1 Å². The number of aromatic nitrogens is 1. The summed E-state index contributed by atoms with van der Waals surface area (Å²) in [6, 6.07) is 11.6. The Morgan fingerprint density at radius 2 is 1.83 bits per heavy atom. The third kappa shape index (κ3) is 3.96. The van der Waals surface area contributed by atoms with Crippen LogP contribution >= 0.6 is 0 Å². The molecule has 2 atom stereocenters. The van der Waals surface area contributed by atoms with E-state index in [2.05, 4.69) is 4.98 Å². The van der Waals surface area contributed by atoms with Gasteiger partial charge in [0.25, 0.3) is 0 Å². The Kier molecular flexibility index (Phi) is 5.15. The maximum atomic E-state index is 12.7. The summed E-state index contributed by atoms with van der Waals surface area (Å²) in [7, 11) is -3.73. The zero-order valence-corrected chi connectivity index (χ0v) is 13.8. The molecule has 1 aromatic carbocycles. The van der Waals surface area contributed by atoms with Gasteiger partial charge in [0.2, 0.25) is 0 Å². The van der Waals surface area contributed by atoms with Crippen LogP contribution in [0.2, 0.25) is 0 Å². The van der Waals surface area contributed by atoms with E-state index in [0.717, 1.165) is 5.56 Å². The minimum Gasteiger partial charge on any atom is -0.481 e. The van der Waals surface area contributed by atoms with Crippen molar-refractivity contribution in [2.24, 2.45) is 5.92 Å². The second-order valence-electron chi connectivity index (χ2n) is 5.53. The SMILES string of the molecule is Cc1ccc(S(=O)(=O)C(C)[C@@H](Cc2ccccn2)C(=O)O)cc1. The summed E-state index contributed by atoms with van der Waals surface area (Å²) in [5, 5.41) is 8.42. The molecule has 1 unspecified atom stereocenters. The predicted molar refractivity (Wildman–Crippen MR) is 86.9 cm³/mol. The maximum Gasteiger partial charge on any atom is 0.308 e. The number of carboxylic acid groups (broad SMARTS) is 1. The van der Waals surface area contributed by atoms with E-state index in [0.29, 0.717) is 5.69 Å². The van der Waals surface area contributed by atoms with Gasteiger partial charge in [0.15, 0.2) is 9.84 Å². The summed E-state index contributed by atoms with van der Waals surface area (Å²) in [6.45, 7) is 3.30. The summed E-state index contributed by atoms with van der Waals surface area (Å²) < 4.78 is 25.4. The lowest BCUT2D eigenvalue weighted by Gasteiger charge is -2.20. The van der Waals surface area contributed by atoms with E-state index in [4.69, 9.17) is 0 Å². The summed E-state index contributed by atoms with van der Waals surface area (Å²) in [4.78, 5) is 15.8. The molecule has 1 heterocycles. The highest BCUT2D eigenvalue weighted by Gasteiger charge is 2.35. The van der Waals surface area contributed by atoms with Crippen LogP contribution < -0.4 is 0 Å². The Bertz CT molecular complexity index is 770. The molecule has 0 aliphatic heterocycles. The Balaban J connectivity index is 2.31. The van der Waals surface area contributed by atoms with Gasteiger partial charge in [0.05, 0.1) is 16.1 Å². The smallest absolute Gasteiger partial charge is 0.308 e. The molecule has 1 aromatic heterocycles. The highest BCUT2D eigenvalue weighted by Crippen LogP contribution is 2.24. The molecule has 0 amide bonds. The highest BCUT2D eigenvalue weighted by molar-refractivity contribution is 7.92. The third-order valence-electron chi connectivity index (χ3n) is 3.88. The zero-order chi connectivity index (χ0) is 17.0. The van der Waals surface area contributed by atoms with Gasteiger partial charge in [-0.3, -0.25) is 9.78 Å². The molecule has 23 heavy (non-hydrogen) atoms. The van der Waals surface area contributed by atoms with Crippen LogP contribution in [0.5, 0.6) is 0 Å². The minimum atomic E-state index is -3.73. The average Bonchev–Trinajstić information content (AvgIpc) is 2.53. The average molecular weight is 333 g/mol. The van der Waals surface area contributed by atoms with Crippen LogP contribution in [0.1, 0.15) is 18.2 Å². The monoisotopic (exact) mass is 333 g/mol. The molecular weight excluding hydrogens is 314 g/mol. The molecule has 2 rings (SSSR count). The van der Waals surface area contributed by atoms with Crippen LogP contribution in [0.15, 0.2) is 53.6 Å². The van der Waals surface area contributed by atoms with Crippen molar-refractivity contribution in [2.45, 2.75) is 30.4 Å².